The highest BCUT2D eigenvalue weighted by Gasteiger charge is 2.14. The maximum Gasteiger partial charge on any atom is 0.0894 e. The highest BCUT2D eigenvalue weighted by Crippen LogP contribution is 2.27. The van der Waals surface area contributed by atoms with Gasteiger partial charge in [0.1, 0.15) is 0 Å². The molecule has 0 N–H and O–H groups in total. The van der Waals surface area contributed by atoms with Crippen LogP contribution in [0.4, 0.5) is 0 Å². The van der Waals surface area contributed by atoms with Gasteiger partial charge in [-0.2, -0.15) is 0 Å². The van der Waals surface area contributed by atoms with E-state index < -0.39 is 0 Å². The van der Waals surface area contributed by atoms with E-state index in [0.717, 1.165) is 27.6 Å². The lowest BCUT2D eigenvalue weighted by Crippen LogP contribution is -2.10. The number of hydrogen-bond acceptors (Lipinski definition) is 2. The van der Waals surface area contributed by atoms with Gasteiger partial charge in [0.25, 0.3) is 0 Å². The van der Waals surface area contributed by atoms with E-state index in [0.29, 0.717) is 0 Å². The normalized spacial score (nSPS) is 11.8. The second-order valence-electron chi connectivity index (χ2n) is 6.54. The Balaban J connectivity index is 2.07. The van der Waals surface area contributed by atoms with Crippen molar-refractivity contribution in [2.24, 2.45) is 0 Å². The molecule has 0 aliphatic heterocycles. The molecule has 0 amide bonds. The van der Waals surface area contributed by atoms with E-state index in [1.54, 1.807) is 0 Å². The van der Waals surface area contributed by atoms with Crippen LogP contribution in [0.3, 0.4) is 0 Å². The van der Waals surface area contributed by atoms with Crippen molar-refractivity contribution in [2.75, 3.05) is 0 Å². The summed E-state index contributed by atoms with van der Waals surface area (Å²) in [6.07, 6.45) is 1.86. The molecular weight excluding hydrogens is 336 g/mol. The van der Waals surface area contributed by atoms with Crippen LogP contribution in [0, 0.1) is 0 Å². The molecule has 0 spiro atoms. The van der Waals surface area contributed by atoms with Gasteiger partial charge in [-0.3, -0.25) is 4.98 Å². The van der Waals surface area contributed by atoms with Crippen molar-refractivity contribution in [3.05, 3.63) is 59.8 Å². The summed E-state index contributed by atoms with van der Waals surface area (Å²) < 4.78 is 0. The topological polar surface area (TPSA) is 25.8 Å². The molecule has 0 bridgehead atoms. The molecule has 22 heavy (non-hydrogen) atoms. The smallest absolute Gasteiger partial charge is 0.0894 e. The molecule has 0 fully saturated rings. The molecule has 2 aromatic carbocycles. The Morgan fingerprint density at radius 3 is 2.55 bits per heavy atom. The maximum absolute atomic E-state index is 4.77. The first kappa shape index (κ1) is 15.2. The molecule has 0 saturated carbocycles. The van der Waals surface area contributed by atoms with Gasteiger partial charge in [-0.1, -0.05) is 61.0 Å². The lowest BCUT2D eigenvalue weighted by molar-refractivity contribution is 0.590. The van der Waals surface area contributed by atoms with Crippen LogP contribution in [-0.2, 0) is 10.7 Å². The van der Waals surface area contributed by atoms with Gasteiger partial charge < -0.3 is 0 Å². The fourth-order valence-electron chi connectivity index (χ4n) is 2.42. The van der Waals surface area contributed by atoms with Crippen LogP contribution < -0.4 is 0 Å². The van der Waals surface area contributed by atoms with Gasteiger partial charge in [-0.25, -0.2) is 4.98 Å². The van der Waals surface area contributed by atoms with E-state index in [-0.39, 0.29) is 5.41 Å². The van der Waals surface area contributed by atoms with E-state index in [1.807, 2.05) is 12.3 Å². The average Bonchev–Trinajstić information content (AvgIpc) is 2.53. The number of fused-ring (bicyclic) bond motifs is 1. The maximum atomic E-state index is 4.77. The van der Waals surface area contributed by atoms with E-state index in [9.17, 15) is 0 Å². The third-order valence-corrected chi connectivity index (χ3v) is 4.43. The monoisotopic (exact) mass is 354 g/mol. The van der Waals surface area contributed by atoms with Gasteiger partial charge in [-0.05, 0) is 34.7 Å². The highest BCUT2D eigenvalue weighted by molar-refractivity contribution is 9.08. The Kier molecular flexibility index (Phi) is 4.00. The number of halogens is 1. The fraction of sp³-hybridized carbons (Fsp3) is 0.263. The number of benzene rings is 2. The Labute approximate surface area is 139 Å². The molecule has 3 aromatic rings. The van der Waals surface area contributed by atoms with Crippen LogP contribution in [0.2, 0.25) is 0 Å². The molecule has 3 heteroatoms. The minimum Gasteiger partial charge on any atom is -0.252 e. The van der Waals surface area contributed by atoms with E-state index in [1.165, 1.54) is 11.1 Å². The number of rotatable bonds is 2. The molecule has 112 valence electrons. The third-order valence-electron chi connectivity index (χ3n) is 3.79. The summed E-state index contributed by atoms with van der Waals surface area (Å²) >= 11 is 3.47. The predicted octanol–water partition coefficient (Wildman–Crippen LogP) is 5.49. The second kappa shape index (κ2) is 5.81. The minimum atomic E-state index is 0.130. The van der Waals surface area contributed by atoms with Crippen molar-refractivity contribution in [1.29, 1.82) is 0 Å². The summed E-state index contributed by atoms with van der Waals surface area (Å²) in [4.78, 5) is 9.34. The molecule has 1 heterocycles. The van der Waals surface area contributed by atoms with Crippen molar-refractivity contribution >= 4 is 27.0 Å². The van der Waals surface area contributed by atoms with Gasteiger partial charge in [-0.15, -0.1) is 0 Å². The number of nitrogens with zero attached hydrogens (tertiary/aromatic N) is 2. The van der Waals surface area contributed by atoms with Crippen molar-refractivity contribution in [2.45, 2.75) is 31.5 Å². The molecular formula is C19H19BrN2. The van der Waals surface area contributed by atoms with Crippen LogP contribution in [0.25, 0.3) is 22.3 Å². The van der Waals surface area contributed by atoms with Crippen molar-refractivity contribution in [3.63, 3.8) is 0 Å². The molecule has 0 atom stereocenters. The van der Waals surface area contributed by atoms with Crippen LogP contribution in [0.5, 0.6) is 0 Å². The van der Waals surface area contributed by atoms with Gasteiger partial charge >= 0.3 is 0 Å². The fourth-order valence-corrected chi connectivity index (χ4v) is 2.77. The van der Waals surface area contributed by atoms with Gasteiger partial charge in [0.05, 0.1) is 22.9 Å². The zero-order valence-electron chi connectivity index (χ0n) is 13.1. The summed E-state index contributed by atoms with van der Waals surface area (Å²) in [6.45, 7) is 6.67. The SMILES string of the molecule is CC(C)(C)c1cccc(-c2cnc3cc(CBr)ccc3n2)c1. The number of aromatic nitrogens is 2. The van der Waals surface area contributed by atoms with Gasteiger partial charge in [0, 0.05) is 10.9 Å². The molecule has 3 rings (SSSR count). The Morgan fingerprint density at radius 2 is 1.82 bits per heavy atom. The van der Waals surface area contributed by atoms with Gasteiger partial charge in [0.2, 0.25) is 0 Å². The van der Waals surface area contributed by atoms with Crippen molar-refractivity contribution in [3.8, 4) is 11.3 Å². The highest BCUT2D eigenvalue weighted by atomic mass is 79.9. The molecule has 0 radical (unpaired) electrons. The van der Waals surface area contributed by atoms with E-state index >= 15 is 0 Å². The molecule has 2 nitrogen and oxygen atoms in total. The zero-order valence-corrected chi connectivity index (χ0v) is 14.7. The first-order valence-corrected chi connectivity index (χ1v) is 8.52. The van der Waals surface area contributed by atoms with Crippen molar-refractivity contribution in [1.82, 2.24) is 9.97 Å². The summed E-state index contributed by atoms with van der Waals surface area (Å²) in [7, 11) is 0. The predicted molar refractivity (Wildman–Crippen MR) is 96.3 cm³/mol. The molecule has 0 aliphatic carbocycles. The standard InChI is InChI=1S/C19H19BrN2/c1-19(2,3)15-6-4-5-14(10-15)18-12-21-17-9-13(11-20)7-8-16(17)22-18/h4-10,12H,11H2,1-3H3. The van der Waals surface area contributed by atoms with Crippen LogP contribution in [0.1, 0.15) is 31.9 Å². The zero-order chi connectivity index (χ0) is 15.7. The van der Waals surface area contributed by atoms with Crippen molar-refractivity contribution < 1.29 is 0 Å². The van der Waals surface area contributed by atoms with E-state index in [2.05, 4.69) is 78.1 Å². The number of alkyl halides is 1. The second-order valence-corrected chi connectivity index (χ2v) is 7.10. The Morgan fingerprint density at radius 1 is 1.00 bits per heavy atom. The van der Waals surface area contributed by atoms with Crippen LogP contribution >= 0.6 is 15.9 Å². The molecule has 1 aromatic heterocycles. The first-order valence-electron chi connectivity index (χ1n) is 7.40. The lowest BCUT2D eigenvalue weighted by atomic mass is 9.86. The number of hydrogen-bond donors (Lipinski definition) is 0. The summed E-state index contributed by atoms with van der Waals surface area (Å²) in [6, 6.07) is 14.8. The molecule has 0 unspecified atom stereocenters. The average molecular weight is 355 g/mol. The Bertz CT molecular complexity index is 819. The van der Waals surface area contributed by atoms with Crippen LogP contribution in [0.15, 0.2) is 48.7 Å². The Hall–Kier alpha value is -1.74. The lowest BCUT2D eigenvalue weighted by Gasteiger charge is -2.19. The van der Waals surface area contributed by atoms with E-state index in [4.69, 9.17) is 4.98 Å². The summed E-state index contributed by atoms with van der Waals surface area (Å²) in [5.74, 6) is 0. The summed E-state index contributed by atoms with van der Waals surface area (Å²) in [5, 5.41) is 0.833. The molecule has 0 saturated heterocycles. The first-order chi connectivity index (χ1) is 10.5. The van der Waals surface area contributed by atoms with Gasteiger partial charge in [0.15, 0.2) is 0 Å². The third kappa shape index (κ3) is 3.05. The molecule has 0 aliphatic rings. The summed E-state index contributed by atoms with van der Waals surface area (Å²) in [5.41, 5.74) is 6.56. The largest absolute Gasteiger partial charge is 0.252 e. The minimum absolute atomic E-state index is 0.130. The van der Waals surface area contributed by atoms with Crippen LogP contribution in [-0.4, -0.2) is 9.97 Å². The quantitative estimate of drug-likeness (QED) is 0.568.